The molecule has 2 rings (SSSR count). The minimum atomic E-state index is -0.975. The van der Waals surface area contributed by atoms with Gasteiger partial charge in [-0.15, -0.1) is 0 Å². The minimum absolute atomic E-state index is 0.295. The Morgan fingerprint density at radius 1 is 1.20 bits per heavy atom. The fraction of sp³-hybridized carbons (Fsp3) is 0.125. The zero-order valence-electron chi connectivity index (χ0n) is 10.8. The predicted molar refractivity (Wildman–Crippen MR) is 72.1 cm³/mol. The fourth-order valence-electron chi connectivity index (χ4n) is 1.96. The second kappa shape index (κ2) is 5.98. The number of rotatable bonds is 4. The van der Waals surface area contributed by atoms with Crippen LogP contribution in [0.25, 0.3) is 0 Å². The number of hydrogen-bond acceptors (Lipinski definition) is 3. The Balaban J connectivity index is 2.40. The number of ketones is 1. The summed E-state index contributed by atoms with van der Waals surface area (Å²) < 4.78 is 18.0. The maximum Gasteiger partial charge on any atom is 0.184 e. The molecule has 0 radical (unpaired) electrons. The maximum absolute atomic E-state index is 12.9. The van der Waals surface area contributed by atoms with E-state index in [0.29, 0.717) is 16.9 Å². The summed E-state index contributed by atoms with van der Waals surface area (Å²) in [4.78, 5) is 12.4. The molecule has 0 bridgehead atoms. The summed E-state index contributed by atoms with van der Waals surface area (Å²) in [6.07, 6.45) is 0. The van der Waals surface area contributed by atoms with Crippen LogP contribution in [0, 0.1) is 17.1 Å². The molecule has 0 amide bonds. The highest BCUT2D eigenvalue weighted by molar-refractivity contribution is 6.03. The number of halogens is 1. The normalized spacial score (nSPS) is 11.4. The lowest BCUT2D eigenvalue weighted by Crippen LogP contribution is -2.12. The number of carbonyl (C=O) groups excluding carboxylic acids is 1. The third-order valence-corrected chi connectivity index (χ3v) is 2.97. The molecule has 4 heteroatoms. The van der Waals surface area contributed by atoms with Crippen LogP contribution in [0.3, 0.4) is 0 Å². The fourth-order valence-corrected chi connectivity index (χ4v) is 1.96. The third-order valence-electron chi connectivity index (χ3n) is 2.97. The van der Waals surface area contributed by atoms with E-state index in [1.165, 1.54) is 31.4 Å². The van der Waals surface area contributed by atoms with Crippen LogP contribution in [0.5, 0.6) is 5.75 Å². The van der Waals surface area contributed by atoms with Crippen LogP contribution < -0.4 is 4.74 Å². The largest absolute Gasteiger partial charge is 0.496 e. The molecule has 0 saturated carbocycles. The molecule has 0 aliphatic heterocycles. The van der Waals surface area contributed by atoms with Gasteiger partial charge >= 0.3 is 0 Å². The molecule has 0 N–H and O–H groups in total. The van der Waals surface area contributed by atoms with Crippen LogP contribution in [0.4, 0.5) is 4.39 Å². The highest BCUT2D eigenvalue weighted by atomic mass is 19.1. The molecule has 0 saturated heterocycles. The van der Waals surface area contributed by atoms with Crippen LogP contribution >= 0.6 is 0 Å². The van der Waals surface area contributed by atoms with E-state index in [9.17, 15) is 14.4 Å². The van der Waals surface area contributed by atoms with Crippen LogP contribution in [-0.4, -0.2) is 12.9 Å². The molecule has 1 atom stereocenters. The van der Waals surface area contributed by atoms with E-state index in [1.54, 1.807) is 24.3 Å². The summed E-state index contributed by atoms with van der Waals surface area (Å²) in [5.41, 5.74) is 0.802. The Hall–Kier alpha value is -2.67. The second-order valence-corrected chi connectivity index (χ2v) is 4.18. The van der Waals surface area contributed by atoms with Crippen LogP contribution in [0.15, 0.2) is 48.5 Å². The Bertz CT molecular complexity index is 659. The average molecular weight is 269 g/mol. The summed E-state index contributed by atoms with van der Waals surface area (Å²) in [5, 5.41) is 9.29. The van der Waals surface area contributed by atoms with Gasteiger partial charge in [0.25, 0.3) is 0 Å². The van der Waals surface area contributed by atoms with Gasteiger partial charge < -0.3 is 4.74 Å². The molecule has 0 heterocycles. The quantitative estimate of drug-likeness (QED) is 0.800. The number of benzene rings is 2. The van der Waals surface area contributed by atoms with E-state index in [2.05, 4.69) is 0 Å². The van der Waals surface area contributed by atoms with E-state index in [4.69, 9.17) is 4.74 Å². The van der Waals surface area contributed by atoms with Crippen molar-refractivity contribution in [2.45, 2.75) is 5.92 Å². The van der Waals surface area contributed by atoms with Crippen molar-refractivity contribution in [3.8, 4) is 11.8 Å². The molecule has 100 valence electrons. The van der Waals surface area contributed by atoms with Gasteiger partial charge in [0.1, 0.15) is 17.5 Å². The van der Waals surface area contributed by atoms with Crippen molar-refractivity contribution in [1.29, 1.82) is 5.26 Å². The van der Waals surface area contributed by atoms with Crippen molar-refractivity contribution in [2.75, 3.05) is 7.11 Å². The molecule has 0 fully saturated rings. The Kier molecular flexibility index (Phi) is 4.11. The topological polar surface area (TPSA) is 50.1 Å². The van der Waals surface area contributed by atoms with Crippen LogP contribution in [0.2, 0.25) is 0 Å². The Morgan fingerprint density at radius 2 is 1.85 bits per heavy atom. The lowest BCUT2D eigenvalue weighted by molar-refractivity contribution is 0.0978. The lowest BCUT2D eigenvalue weighted by Gasteiger charge is -2.12. The van der Waals surface area contributed by atoms with Gasteiger partial charge in [0.2, 0.25) is 0 Å². The standard InChI is InChI=1S/C16H12FNO2/c1-20-15-5-3-2-4-13(15)14(10-18)16(19)11-6-8-12(17)9-7-11/h2-9,14H,1H3. The molecule has 0 aliphatic carbocycles. The smallest absolute Gasteiger partial charge is 0.184 e. The van der Waals surface area contributed by atoms with Crippen LogP contribution in [-0.2, 0) is 0 Å². The van der Waals surface area contributed by atoms with E-state index in [-0.39, 0.29) is 5.78 Å². The summed E-state index contributed by atoms with van der Waals surface area (Å²) in [7, 11) is 1.48. The van der Waals surface area contributed by atoms with Crippen molar-refractivity contribution in [1.82, 2.24) is 0 Å². The lowest BCUT2D eigenvalue weighted by atomic mass is 9.91. The number of carbonyl (C=O) groups is 1. The Labute approximate surface area is 116 Å². The first kappa shape index (κ1) is 13.8. The van der Waals surface area contributed by atoms with Crippen molar-refractivity contribution in [3.05, 3.63) is 65.5 Å². The maximum atomic E-state index is 12.9. The van der Waals surface area contributed by atoms with Gasteiger partial charge in [-0.3, -0.25) is 4.79 Å². The molecular weight excluding hydrogens is 257 g/mol. The second-order valence-electron chi connectivity index (χ2n) is 4.18. The molecule has 1 unspecified atom stereocenters. The van der Waals surface area contributed by atoms with Gasteiger partial charge in [-0.25, -0.2) is 4.39 Å². The van der Waals surface area contributed by atoms with Gasteiger partial charge in [0.05, 0.1) is 13.2 Å². The highest BCUT2D eigenvalue weighted by Gasteiger charge is 2.24. The number of Topliss-reactive ketones (excluding diaryl/α,β-unsaturated/α-hetero) is 1. The molecule has 3 nitrogen and oxygen atoms in total. The van der Waals surface area contributed by atoms with Gasteiger partial charge in [0.15, 0.2) is 5.78 Å². The first-order valence-corrected chi connectivity index (χ1v) is 5.99. The molecular formula is C16H12FNO2. The van der Waals surface area contributed by atoms with Gasteiger partial charge in [-0.2, -0.15) is 5.26 Å². The van der Waals surface area contributed by atoms with Crippen molar-refractivity contribution in [2.24, 2.45) is 0 Å². The SMILES string of the molecule is COc1ccccc1C(C#N)C(=O)c1ccc(F)cc1. The first-order valence-electron chi connectivity index (χ1n) is 5.99. The number of para-hydroxylation sites is 1. The van der Waals surface area contributed by atoms with E-state index in [1.807, 2.05) is 6.07 Å². The predicted octanol–water partition coefficient (Wildman–Crippen LogP) is 3.32. The molecule has 0 aromatic heterocycles. The minimum Gasteiger partial charge on any atom is -0.496 e. The summed E-state index contributed by atoms with van der Waals surface area (Å²) >= 11 is 0. The first-order chi connectivity index (χ1) is 9.67. The van der Waals surface area contributed by atoms with E-state index >= 15 is 0 Å². The van der Waals surface area contributed by atoms with Gasteiger partial charge in [-0.05, 0) is 30.3 Å². The molecule has 2 aromatic carbocycles. The summed E-state index contributed by atoms with van der Waals surface area (Å²) in [6, 6.07) is 14.0. The number of methoxy groups -OCH3 is 1. The zero-order valence-corrected chi connectivity index (χ0v) is 10.8. The molecule has 0 spiro atoms. The van der Waals surface area contributed by atoms with Crippen molar-refractivity contribution >= 4 is 5.78 Å². The van der Waals surface area contributed by atoms with E-state index < -0.39 is 11.7 Å². The average Bonchev–Trinajstić information content (AvgIpc) is 2.49. The number of nitriles is 1. The van der Waals surface area contributed by atoms with Gasteiger partial charge in [0, 0.05) is 11.1 Å². The summed E-state index contributed by atoms with van der Waals surface area (Å²) in [5.74, 6) is -1.30. The van der Waals surface area contributed by atoms with E-state index in [0.717, 1.165) is 0 Å². The zero-order chi connectivity index (χ0) is 14.5. The number of hydrogen-bond donors (Lipinski definition) is 0. The van der Waals surface area contributed by atoms with Crippen molar-refractivity contribution < 1.29 is 13.9 Å². The monoisotopic (exact) mass is 269 g/mol. The number of ether oxygens (including phenoxy) is 1. The Morgan fingerprint density at radius 3 is 2.45 bits per heavy atom. The number of nitrogens with zero attached hydrogens (tertiary/aromatic N) is 1. The third kappa shape index (κ3) is 2.67. The summed E-state index contributed by atoms with van der Waals surface area (Å²) in [6.45, 7) is 0. The van der Waals surface area contributed by atoms with Crippen molar-refractivity contribution in [3.63, 3.8) is 0 Å². The molecule has 20 heavy (non-hydrogen) atoms. The van der Waals surface area contributed by atoms with Gasteiger partial charge in [-0.1, -0.05) is 18.2 Å². The highest BCUT2D eigenvalue weighted by Crippen LogP contribution is 2.28. The van der Waals surface area contributed by atoms with Crippen LogP contribution in [0.1, 0.15) is 21.8 Å². The molecule has 0 aliphatic rings. The molecule has 2 aromatic rings.